The molecule has 0 spiro atoms. The van der Waals surface area contributed by atoms with Gasteiger partial charge in [0.25, 0.3) is 0 Å². The fraction of sp³-hybridized carbons (Fsp3) is 0.625. The molecular weight excluding hydrogens is 222 g/mol. The van der Waals surface area contributed by atoms with Crippen molar-refractivity contribution >= 4 is 0 Å². The summed E-state index contributed by atoms with van der Waals surface area (Å²) in [6.45, 7) is 11.8. The summed E-state index contributed by atoms with van der Waals surface area (Å²) < 4.78 is 5.68. The number of methoxy groups -OCH3 is 1. The zero-order valence-electron chi connectivity index (χ0n) is 12.6. The van der Waals surface area contributed by atoms with Gasteiger partial charge in [-0.05, 0) is 51.8 Å². The van der Waals surface area contributed by atoms with E-state index in [0.29, 0.717) is 0 Å². The van der Waals surface area contributed by atoms with Gasteiger partial charge in [0.1, 0.15) is 0 Å². The molecule has 0 bridgehead atoms. The molecule has 0 aromatic heterocycles. The molecule has 1 rings (SSSR count). The van der Waals surface area contributed by atoms with E-state index in [2.05, 4.69) is 58.1 Å². The van der Waals surface area contributed by atoms with Crippen LogP contribution in [0.25, 0.3) is 0 Å². The molecule has 1 atom stereocenters. The smallest absolute Gasteiger partial charge is 0.0816 e. The molecule has 1 unspecified atom stereocenters. The van der Waals surface area contributed by atoms with Crippen molar-refractivity contribution < 1.29 is 4.74 Å². The molecule has 1 N–H and O–H groups in total. The second kappa shape index (κ2) is 6.35. The van der Waals surface area contributed by atoms with Crippen LogP contribution in [0.4, 0.5) is 0 Å². The zero-order chi connectivity index (χ0) is 13.8. The molecule has 0 radical (unpaired) electrons. The van der Waals surface area contributed by atoms with E-state index in [0.717, 1.165) is 13.0 Å². The molecule has 0 aliphatic carbocycles. The maximum absolute atomic E-state index is 5.68. The molecule has 0 saturated carbocycles. The molecule has 102 valence electrons. The minimum Gasteiger partial charge on any atom is -0.377 e. The Balaban J connectivity index is 3.12. The van der Waals surface area contributed by atoms with Gasteiger partial charge in [-0.15, -0.1) is 0 Å². The summed E-state index contributed by atoms with van der Waals surface area (Å²) in [6.07, 6.45) is 1.13. The third kappa shape index (κ3) is 3.56. The summed E-state index contributed by atoms with van der Waals surface area (Å²) in [6, 6.07) is 6.85. The van der Waals surface area contributed by atoms with Gasteiger partial charge in [-0.25, -0.2) is 0 Å². The number of ether oxygens (including phenoxy) is 1. The minimum atomic E-state index is -0.215. The van der Waals surface area contributed by atoms with E-state index in [9.17, 15) is 0 Å². The van der Waals surface area contributed by atoms with Crippen molar-refractivity contribution in [1.82, 2.24) is 5.32 Å². The average Bonchev–Trinajstić information content (AvgIpc) is 2.33. The zero-order valence-corrected chi connectivity index (χ0v) is 12.6. The fourth-order valence-corrected chi connectivity index (χ4v) is 2.21. The van der Waals surface area contributed by atoms with Crippen LogP contribution in [0.1, 0.15) is 49.9 Å². The van der Waals surface area contributed by atoms with Crippen LogP contribution in [0.3, 0.4) is 0 Å². The van der Waals surface area contributed by atoms with Crippen LogP contribution in [-0.4, -0.2) is 19.3 Å². The van der Waals surface area contributed by atoms with Gasteiger partial charge in [-0.3, -0.25) is 0 Å². The molecule has 0 heterocycles. The first-order chi connectivity index (χ1) is 8.42. The molecule has 0 aliphatic heterocycles. The van der Waals surface area contributed by atoms with E-state index < -0.39 is 0 Å². The Labute approximate surface area is 112 Å². The highest BCUT2D eigenvalue weighted by atomic mass is 16.5. The van der Waals surface area contributed by atoms with Crippen LogP contribution in [0.5, 0.6) is 0 Å². The van der Waals surface area contributed by atoms with Gasteiger partial charge in [-0.1, -0.05) is 30.7 Å². The highest BCUT2D eigenvalue weighted by Gasteiger charge is 2.31. The third-order valence-corrected chi connectivity index (χ3v) is 3.57. The van der Waals surface area contributed by atoms with Crippen molar-refractivity contribution in [1.29, 1.82) is 0 Å². The maximum Gasteiger partial charge on any atom is 0.0816 e. The summed E-state index contributed by atoms with van der Waals surface area (Å²) in [5.74, 6) is 0. The van der Waals surface area contributed by atoms with Gasteiger partial charge in [-0.2, -0.15) is 0 Å². The second-order valence-electron chi connectivity index (χ2n) is 5.55. The Kier molecular flexibility index (Phi) is 5.36. The van der Waals surface area contributed by atoms with E-state index in [1.807, 2.05) is 0 Å². The van der Waals surface area contributed by atoms with Gasteiger partial charge < -0.3 is 10.1 Å². The lowest BCUT2D eigenvalue weighted by Gasteiger charge is -2.35. The van der Waals surface area contributed by atoms with Gasteiger partial charge in [0, 0.05) is 7.11 Å². The first-order valence-electron chi connectivity index (χ1n) is 6.78. The summed E-state index contributed by atoms with van der Waals surface area (Å²) in [5, 5.41) is 3.62. The summed E-state index contributed by atoms with van der Waals surface area (Å²) in [5.41, 5.74) is 3.74. The van der Waals surface area contributed by atoms with Gasteiger partial charge in [0.05, 0.1) is 11.6 Å². The molecule has 18 heavy (non-hydrogen) atoms. The summed E-state index contributed by atoms with van der Waals surface area (Å²) in [7, 11) is 1.78. The predicted molar refractivity (Wildman–Crippen MR) is 78.0 cm³/mol. The van der Waals surface area contributed by atoms with Crippen LogP contribution < -0.4 is 5.32 Å². The number of rotatable bonds is 6. The lowest BCUT2D eigenvalue weighted by atomic mass is 9.88. The van der Waals surface area contributed by atoms with Crippen molar-refractivity contribution in [3.8, 4) is 0 Å². The molecule has 0 aliphatic rings. The van der Waals surface area contributed by atoms with Crippen LogP contribution in [0, 0.1) is 13.8 Å². The van der Waals surface area contributed by atoms with Gasteiger partial charge in [0.2, 0.25) is 0 Å². The number of hydrogen-bond acceptors (Lipinski definition) is 2. The SMILES string of the molecule is CCCNC(c1cc(C)ccc1C)C(C)(C)OC. The molecule has 1 aromatic rings. The van der Waals surface area contributed by atoms with E-state index in [-0.39, 0.29) is 11.6 Å². The monoisotopic (exact) mass is 249 g/mol. The topological polar surface area (TPSA) is 21.3 Å². The molecule has 1 aromatic carbocycles. The van der Waals surface area contributed by atoms with Crippen LogP contribution in [-0.2, 0) is 4.74 Å². The summed E-state index contributed by atoms with van der Waals surface area (Å²) >= 11 is 0. The van der Waals surface area contributed by atoms with Crippen LogP contribution >= 0.6 is 0 Å². The lowest BCUT2D eigenvalue weighted by molar-refractivity contribution is -0.0112. The molecule has 0 saturated heterocycles. The Hall–Kier alpha value is -0.860. The average molecular weight is 249 g/mol. The van der Waals surface area contributed by atoms with Crippen molar-refractivity contribution in [3.05, 3.63) is 34.9 Å². The third-order valence-electron chi connectivity index (χ3n) is 3.57. The number of benzene rings is 1. The first-order valence-corrected chi connectivity index (χ1v) is 6.78. The molecule has 2 heteroatoms. The first kappa shape index (κ1) is 15.2. The van der Waals surface area contributed by atoms with Crippen molar-refractivity contribution in [2.24, 2.45) is 0 Å². The predicted octanol–water partition coefficient (Wildman–Crippen LogP) is 3.77. The molecule has 2 nitrogen and oxygen atoms in total. The van der Waals surface area contributed by atoms with Crippen LogP contribution in [0.15, 0.2) is 18.2 Å². The van der Waals surface area contributed by atoms with Crippen molar-refractivity contribution in [3.63, 3.8) is 0 Å². The number of aryl methyl sites for hydroxylation is 2. The van der Waals surface area contributed by atoms with E-state index >= 15 is 0 Å². The van der Waals surface area contributed by atoms with Gasteiger partial charge in [0.15, 0.2) is 0 Å². The van der Waals surface area contributed by atoms with Crippen molar-refractivity contribution in [2.45, 2.75) is 52.7 Å². The Bertz CT molecular complexity index is 385. The normalized spacial score (nSPS) is 13.7. The highest BCUT2D eigenvalue weighted by Crippen LogP contribution is 2.31. The van der Waals surface area contributed by atoms with E-state index in [1.165, 1.54) is 16.7 Å². The quantitative estimate of drug-likeness (QED) is 0.828. The number of nitrogens with one attached hydrogen (secondary N) is 1. The maximum atomic E-state index is 5.68. The summed E-state index contributed by atoms with van der Waals surface area (Å²) in [4.78, 5) is 0. The lowest BCUT2D eigenvalue weighted by Crippen LogP contribution is -2.41. The largest absolute Gasteiger partial charge is 0.377 e. The Morgan fingerprint density at radius 3 is 2.50 bits per heavy atom. The standard InChI is InChI=1S/C16H27NO/c1-7-10-17-15(16(4,5)18-6)14-11-12(2)8-9-13(14)3/h8-9,11,15,17H,7,10H2,1-6H3. The molecule has 0 fully saturated rings. The van der Waals surface area contributed by atoms with E-state index in [1.54, 1.807) is 7.11 Å². The van der Waals surface area contributed by atoms with E-state index in [4.69, 9.17) is 4.74 Å². The van der Waals surface area contributed by atoms with Gasteiger partial charge >= 0.3 is 0 Å². The fourth-order valence-electron chi connectivity index (χ4n) is 2.21. The highest BCUT2D eigenvalue weighted by molar-refractivity contribution is 5.34. The molecule has 0 amide bonds. The molecular formula is C16H27NO. The van der Waals surface area contributed by atoms with Crippen LogP contribution in [0.2, 0.25) is 0 Å². The Morgan fingerprint density at radius 1 is 1.28 bits per heavy atom. The van der Waals surface area contributed by atoms with Crippen molar-refractivity contribution in [2.75, 3.05) is 13.7 Å². The second-order valence-corrected chi connectivity index (χ2v) is 5.55. The minimum absolute atomic E-state index is 0.215. The Morgan fingerprint density at radius 2 is 1.94 bits per heavy atom. The number of hydrogen-bond donors (Lipinski definition) is 1.